The molecule has 1 aromatic heterocycles. The Morgan fingerprint density at radius 1 is 1.60 bits per heavy atom. The van der Waals surface area contributed by atoms with Crippen LogP contribution in [-0.4, -0.2) is 27.7 Å². The van der Waals surface area contributed by atoms with E-state index < -0.39 is 4.92 Å². The van der Waals surface area contributed by atoms with E-state index in [1.165, 1.54) is 18.1 Å². The van der Waals surface area contributed by atoms with E-state index in [-0.39, 0.29) is 11.5 Å². The van der Waals surface area contributed by atoms with Crippen LogP contribution in [0.3, 0.4) is 0 Å². The van der Waals surface area contributed by atoms with Crippen molar-refractivity contribution in [3.05, 3.63) is 16.4 Å². The molecule has 0 aliphatic heterocycles. The Morgan fingerprint density at radius 3 is 2.87 bits per heavy atom. The van der Waals surface area contributed by atoms with Crippen LogP contribution in [-0.2, 0) is 0 Å². The maximum Gasteiger partial charge on any atom is 0.343 e. The zero-order valence-electron chi connectivity index (χ0n) is 8.56. The van der Waals surface area contributed by atoms with E-state index >= 15 is 0 Å². The van der Waals surface area contributed by atoms with Crippen molar-refractivity contribution in [3.63, 3.8) is 0 Å². The molecule has 0 spiro atoms. The van der Waals surface area contributed by atoms with E-state index in [4.69, 9.17) is 0 Å². The minimum atomic E-state index is -0.455. The molecule has 82 valence electrons. The van der Waals surface area contributed by atoms with Crippen molar-refractivity contribution in [3.8, 4) is 0 Å². The van der Waals surface area contributed by atoms with Gasteiger partial charge in [0, 0.05) is 7.05 Å². The Hall–Kier alpha value is -1.37. The normalized spacial score (nSPS) is 10.0. The van der Waals surface area contributed by atoms with Gasteiger partial charge in [-0.1, -0.05) is 18.7 Å². The van der Waals surface area contributed by atoms with Gasteiger partial charge in [-0.3, -0.25) is 10.1 Å². The summed E-state index contributed by atoms with van der Waals surface area (Å²) in [5, 5.41) is 13.9. The van der Waals surface area contributed by atoms with Gasteiger partial charge in [0.1, 0.15) is 6.33 Å². The average Bonchev–Trinajstić information content (AvgIpc) is 2.25. The number of anilines is 1. The molecule has 7 heteroatoms. The second-order valence-corrected chi connectivity index (χ2v) is 3.82. The number of nitrogens with one attached hydrogen (secondary N) is 1. The molecule has 1 N–H and O–H groups in total. The third-order valence-corrected chi connectivity index (χ3v) is 2.84. The van der Waals surface area contributed by atoms with Crippen LogP contribution < -0.4 is 5.32 Å². The number of rotatable bonds is 5. The molecule has 0 saturated heterocycles. The molecule has 0 amide bonds. The predicted octanol–water partition coefficient (Wildman–Crippen LogP) is 1.93. The largest absolute Gasteiger partial charge is 0.367 e. The number of hydrogen-bond donors (Lipinski definition) is 1. The number of hydrogen-bond acceptors (Lipinski definition) is 6. The molecule has 6 nitrogen and oxygen atoms in total. The SMILES string of the molecule is CCCSc1ncnc(NC)c1[N+](=O)[O-]. The summed E-state index contributed by atoms with van der Waals surface area (Å²) in [4.78, 5) is 18.1. The van der Waals surface area contributed by atoms with Crippen molar-refractivity contribution >= 4 is 23.3 Å². The molecular weight excluding hydrogens is 216 g/mol. The van der Waals surface area contributed by atoms with Crippen molar-refractivity contribution < 1.29 is 4.92 Å². The second kappa shape index (κ2) is 5.50. The fraction of sp³-hybridized carbons (Fsp3) is 0.500. The standard InChI is InChI=1S/C8H12N4O2S/c1-3-4-15-8-6(12(13)14)7(9-2)10-5-11-8/h5H,3-4H2,1-2H3,(H,9,10,11). The van der Waals surface area contributed by atoms with Gasteiger partial charge in [-0.15, -0.1) is 0 Å². The summed E-state index contributed by atoms with van der Waals surface area (Å²) in [6.45, 7) is 2.01. The molecular formula is C8H12N4O2S. The average molecular weight is 228 g/mol. The number of thioether (sulfide) groups is 1. The molecule has 1 rings (SSSR count). The van der Waals surface area contributed by atoms with Crippen molar-refractivity contribution in [2.75, 3.05) is 18.1 Å². The lowest BCUT2D eigenvalue weighted by Gasteiger charge is -2.04. The fourth-order valence-corrected chi connectivity index (χ4v) is 1.84. The third-order valence-electron chi connectivity index (χ3n) is 1.65. The summed E-state index contributed by atoms with van der Waals surface area (Å²) in [7, 11) is 1.60. The van der Waals surface area contributed by atoms with Gasteiger partial charge in [0.2, 0.25) is 5.82 Å². The number of nitrogens with zero attached hydrogens (tertiary/aromatic N) is 3. The van der Waals surface area contributed by atoms with Crippen LogP contribution in [0, 0.1) is 10.1 Å². The highest BCUT2D eigenvalue weighted by Gasteiger charge is 2.21. The van der Waals surface area contributed by atoms with Gasteiger partial charge in [0.25, 0.3) is 0 Å². The van der Waals surface area contributed by atoms with E-state index in [2.05, 4.69) is 15.3 Å². The first-order valence-electron chi connectivity index (χ1n) is 4.50. The fourth-order valence-electron chi connectivity index (χ4n) is 1.01. The molecule has 0 saturated carbocycles. The van der Waals surface area contributed by atoms with E-state index in [1.54, 1.807) is 7.05 Å². The van der Waals surface area contributed by atoms with Crippen LogP contribution >= 0.6 is 11.8 Å². The predicted molar refractivity (Wildman–Crippen MR) is 59.2 cm³/mol. The summed E-state index contributed by atoms with van der Waals surface area (Å²) in [6.07, 6.45) is 2.28. The second-order valence-electron chi connectivity index (χ2n) is 2.73. The van der Waals surface area contributed by atoms with Gasteiger partial charge in [-0.05, 0) is 12.2 Å². The molecule has 1 heterocycles. The monoisotopic (exact) mass is 228 g/mol. The van der Waals surface area contributed by atoms with Gasteiger partial charge in [0.05, 0.1) is 4.92 Å². The summed E-state index contributed by atoms with van der Waals surface area (Å²) in [5.74, 6) is 1.06. The Kier molecular flexibility index (Phi) is 4.29. The van der Waals surface area contributed by atoms with E-state index in [0.29, 0.717) is 5.03 Å². The molecule has 0 aliphatic rings. The smallest absolute Gasteiger partial charge is 0.343 e. The minimum absolute atomic E-state index is 0.0431. The molecule has 0 bridgehead atoms. The van der Waals surface area contributed by atoms with Crippen LogP contribution in [0.4, 0.5) is 11.5 Å². The summed E-state index contributed by atoms with van der Waals surface area (Å²) >= 11 is 1.37. The van der Waals surface area contributed by atoms with E-state index in [0.717, 1.165) is 12.2 Å². The quantitative estimate of drug-likeness (QED) is 0.359. The Balaban J connectivity index is 3.07. The first kappa shape index (κ1) is 11.7. The zero-order valence-corrected chi connectivity index (χ0v) is 9.37. The third kappa shape index (κ3) is 2.79. The van der Waals surface area contributed by atoms with Gasteiger partial charge in [-0.25, -0.2) is 9.97 Å². The molecule has 0 aliphatic carbocycles. The lowest BCUT2D eigenvalue weighted by molar-refractivity contribution is -0.387. The maximum absolute atomic E-state index is 10.8. The zero-order chi connectivity index (χ0) is 11.3. The number of nitro groups is 1. The van der Waals surface area contributed by atoms with E-state index in [1.807, 2.05) is 6.92 Å². The van der Waals surface area contributed by atoms with Gasteiger partial charge in [0.15, 0.2) is 5.03 Å². The highest BCUT2D eigenvalue weighted by molar-refractivity contribution is 7.99. The highest BCUT2D eigenvalue weighted by Crippen LogP contribution is 2.31. The molecule has 15 heavy (non-hydrogen) atoms. The molecule has 0 fully saturated rings. The van der Waals surface area contributed by atoms with E-state index in [9.17, 15) is 10.1 Å². The Labute approximate surface area is 91.7 Å². The molecule has 0 aromatic carbocycles. The molecule has 1 aromatic rings. The summed E-state index contributed by atoms with van der Waals surface area (Å²) in [5.41, 5.74) is -0.0431. The van der Waals surface area contributed by atoms with Crippen LogP contribution in [0.15, 0.2) is 11.4 Å². The topological polar surface area (TPSA) is 81.0 Å². The summed E-state index contributed by atoms with van der Waals surface area (Å²) in [6, 6.07) is 0. The first-order valence-corrected chi connectivity index (χ1v) is 5.49. The van der Waals surface area contributed by atoms with Crippen LogP contribution in [0.1, 0.15) is 13.3 Å². The van der Waals surface area contributed by atoms with Gasteiger partial charge >= 0.3 is 5.69 Å². The Morgan fingerprint density at radius 2 is 2.33 bits per heavy atom. The Bertz CT molecular complexity index is 358. The van der Waals surface area contributed by atoms with Crippen molar-refractivity contribution in [2.45, 2.75) is 18.4 Å². The van der Waals surface area contributed by atoms with Crippen LogP contribution in [0.2, 0.25) is 0 Å². The number of aromatic nitrogens is 2. The highest BCUT2D eigenvalue weighted by atomic mass is 32.2. The van der Waals surface area contributed by atoms with Crippen molar-refractivity contribution in [1.82, 2.24) is 9.97 Å². The maximum atomic E-state index is 10.8. The minimum Gasteiger partial charge on any atom is -0.367 e. The lowest BCUT2D eigenvalue weighted by Crippen LogP contribution is -2.02. The van der Waals surface area contributed by atoms with Crippen molar-refractivity contribution in [2.24, 2.45) is 0 Å². The van der Waals surface area contributed by atoms with Crippen molar-refractivity contribution in [1.29, 1.82) is 0 Å². The molecule has 0 unspecified atom stereocenters. The van der Waals surface area contributed by atoms with Gasteiger partial charge < -0.3 is 5.32 Å². The van der Waals surface area contributed by atoms with Crippen LogP contribution in [0.25, 0.3) is 0 Å². The van der Waals surface area contributed by atoms with Gasteiger partial charge in [-0.2, -0.15) is 0 Å². The van der Waals surface area contributed by atoms with Crippen LogP contribution in [0.5, 0.6) is 0 Å². The molecule has 0 radical (unpaired) electrons. The first-order chi connectivity index (χ1) is 7.20. The summed E-state index contributed by atoms with van der Waals surface area (Å²) < 4.78 is 0. The lowest BCUT2D eigenvalue weighted by atomic mass is 10.5. The molecule has 0 atom stereocenters.